The first-order valence-corrected chi connectivity index (χ1v) is 8.66. The number of carbonyl (C=O) groups is 2. The zero-order valence-electron chi connectivity index (χ0n) is 15.8. The number of nitrogens with zero attached hydrogens (tertiary/aromatic N) is 3. The highest BCUT2D eigenvalue weighted by molar-refractivity contribution is 6.02. The van der Waals surface area contributed by atoms with Crippen molar-refractivity contribution in [3.63, 3.8) is 0 Å². The van der Waals surface area contributed by atoms with Crippen LogP contribution >= 0.6 is 0 Å². The summed E-state index contributed by atoms with van der Waals surface area (Å²) in [6.45, 7) is 7.42. The quantitative estimate of drug-likeness (QED) is 0.511. The molecule has 0 saturated carbocycles. The van der Waals surface area contributed by atoms with Crippen molar-refractivity contribution in [3.05, 3.63) is 76.7 Å². The molecule has 0 radical (unpaired) electrons. The monoisotopic (exact) mass is 363 g/mol. The number of Topliss-reactive ketones (excluding diaryl/α,β-unsaturated/α-hetero) is 1. The maximum absolute atomic E-state index is 12.7. The van der Waals surface area contributed by atoms with Gasteiger partial charge >= 0.3 is 5.97 Å². The van der Waals surface area contributed by atoms with E-state index in [0.717, 1.165) is 16.7 Å². The smallest absolute Gasteiger partial charge is 0.340 e. The zero-order chi connectivity index (χ0) is 19.6. The highest BCUT2D eigenvalue weighted by atomic mass is 16.5. The molecule has 1 unspecified atom stereocenters. The summed E-state index contributed by atoms with van der Waals surface area (Å²) in [5.74, 6) is -0.214. The van der Waals surface area contributed by atoms with Gasteiger partial charge in [-0.1, -0.05) is 6.07 Å². The average Bonchev–Trinajstić information content (AvgIpc) is 3.19. The van der Waals surface area contributed by atoms with Gasteiger partial charge in [0.25, 0.3) is 0 Å². The first kappa shape index (κ1) is 18.5. The summed E-state index contributed by atoms with van der Waals surface area (Å²) in [4.78, 5) is 29.3. The van der Waals surface area contributed by atoms with Crippen LogP contribution in [0.3, 0.4) is 0 Å². The van der Waals surface area contributed by atoms with Crippen LogP contribution in [0.15, 0.2) is 48.9 Å². The van der Waals surface area contributed by atoms with Crippen molar-refractivity contribution in [1.29, 1.82) is 0 Å². The second kappa shape index (κ2) is 7.53. The van der Waals surface area contributed by atoms with Crippen LogP contribution in [0.1, 0.15) is 44.3 Å². The van der Waals surface area contributed by atoms with E-state index in [9.17, 15) is 9.59 Å². The summed E-state index contributed by atoms with van der Waals surface area (Å²) in [6, 6.07) is 8.87. The molecule has 3 aromatic rings. The van der Waals surface area contributed by atoms with Crippen molar-refractivity contribution in [2.75, 3.05) is 0 Å². The van der Waals surface area contributed by atoms with Crippen LogP contribution in [-0.4, -0.2) is 32.6 Å². The van der Waals surface area contributed by atoms with Gasteiger partial charge in [-0.15, -0.1) is 0 Å². The second-order valence-corrected chi connectivity index (χ2v) is 6.52. The number of aromatic nitrogens is 3. The molecule has 2 heterocycles. The predicted molar refractivity (Wildman–Crippen MR) is 101 cm³/mol. The van der Waals surface area contributed by atoms with Crippen LogP contribution < -0.4 is 0 Å². The maximum Gasteiger partial charge on any atom is 0.340 e. The van der Waals surface area contributed by atoms with Gasteiger partial charge in [-0.05, 0) is 68.7 Å². The number of aryl methyl sites for hydroxylation is 3. The van der Waals surface area contributed by atoms with Gasteiger partial charge in [-0.2, -0.15) is 5.10 Å². The Bertz CT molecular complexity index is 977. The number of ketones is 1. The minimum Gasteiger partial charge on any atom is -0.451 e. The number of rotatable bonds is 5. The van der Waals surface area contributed by atoms with Crippen LogP contribution in [0.2, 0.25) is 0 Å². The van der Waals surface area contributed by atoms with Crippen LogP contribution in [0.25, 0.3) is 5.82 Å². The number of hydrogen-bond acceptors (Lipinski definition) is 5. The van der Waals surface area contributed by atoms with E-state index in [4.69, 9.17) is 4.74 Å². The Morgan fingerprint density at radius 1 is 1.07 bits per heavy atom. The van der Waals surface area contributed by atoms with Crippen LogP contribution in [0.4, 0.5) is 0 Å². The Labute approximate surface area is 157 Å². The summed E-state index contributed by atoms with van der Waals surface area (Å²) in [7, 11) is 0. The van der Waals surface area contributed by atoms with Gasteiger partial charge < -0.3 is 4.74 Å². The number of esters is 1. The number of pyridine rings is 1. The third-order valence-corrected chi connectivity index (χ3v) is 4.48. The van der Waals surface area contributed by atoms with Gasteiger partial charge in [0.05, 0.1) is 5.56 Å². The summed E-state index contributed by atoms with van der Waals surface area (Å²) in [5.41, 5.74) is 3.88. The molecule has 1 aromatic carbocycles. The van der Waals surface area contributed by atoms with E-state index in [2.05, 4.69) is 10.1 Å². The molecule has 0 saturated heterocycles. The summed E-state index contributed by atoms with van der Waals surface area (Å²) in [5, 5.41) is 4.08. The molecule has 0 bridgehead atoms. The fraction of sp³-hybridized carbons (Fsp3) is 0.238. The van der Waals surface area contributed by atoms with E-state index in [-0.39, 0.29) is 11.3 Å². The fourth-order valence-corrected chi connectivity index (χ4v) is 2.77. The van der Waals surface area contributed by atoms with Gasteiger partial charge in [0.1, 0.15) is 0 Å². The molecule has 0 aliphatic carbocycles. The standard InChI is InChI=1S/C21H21N3O3/c1-13-10-15(3)18(11-14(13)2)20(25)16(4)27-21(26)17-6-7-19(22-12-17)24-9-5-8-23-24/h5-12,16H,1-4H3. The lowest BCUT2D eigenvalue weighted by Crippen LogP contribution is -2.25. The molecule has 0 spiro atoms. The Morgan fingerprint density at radius 3 is 2.44 bits per heavy atom. The molecule has 0 N–H and O–H groups in total. The molecule has 3 rings (SSSR count). The van der Waals surface area contributed by atoms with E-state index in [1.54, 1.807) is 42.2 Å². The van der Waals surface area contributed by atoms with E-state index in [1.807, 2.05) is 32.9 Å². The summed E-state index contributed by atoms with van der Waals surface area (Å²) in [6.07, 6.45) is 3.93. The van der Waals surface area contributed by atoms with Gasteiger partial charge in [-0.3, -0.25) is 4.79 Å². The van der Waals surface area contributed by atoms with Crippen LogP contribution in [0, 0.1) is 20.8 Å². The van der Waals surface area contributed by atoms with Crippen LogP contribution in [0.5, 0.6) is 0 Å². The van der Waals surface area contributed by atoms with Crippen molar-refractivity contribution < 1.29 is 14.3 Å². The third kappa shape index (κ3) is 3.95. The van der Waals surface area contributed by atoms with Gasteiger partial charge in [0, 0.05) is 24.2 Å². The topological polar surface area (TPSA) is 74.1 Å². The summed E-state index contributed by atoms with van der Waals surface area (Å²) < 4.78 is 6.94. The van der Waals surface area contributed by atoms with Crippen molar-refractivity contribution >= 4 is 11.8 Å². The molecular weight excluding hydrogens is 342 g/mol. The fourth-order valence-electron chi connectivity index (χ4n) is 2.77. The number of ether oxygens (including phenoxy) is 1. The highest BCUT2D eigenvalue weighted by Crippen LogP contribution is 2.18. The molecule has 6 heteroatoms. The Morgan fingerprint density at radius 2 is 1.81 bits per heavy atom. The molecule has 0 amide bonds. The Kier molecular flexibility index (Phi) is 5.16. The third-order valence-electron chi connectivity index (χ3n) is 4.48. The normalized spacial score (nSPS) is 11.9. The van der Waals surface area contributed by atoms with Crippen molar-refractivity contribution in [1.82, 2.24) is 14.8 Å². The lowest BCUT2D eigenvalue weighted by Gasteiger charge is -2.15. The predicted octanol–water partition coefficient (Wildman–Crippen LogP) is 3.62. The van der Waals surface area contributed by atoms with Gasteiger partial charge in [0.2, 0.25) is 5.78 Å². The van der Waals surface area contributed by atoms with Crippen molar-refractivity contribution in [3.8, 4) is 5.82 Å². The van der Waals surface area contributed by atoms with E-state index in [0.29, 0.717) is 11.4 Å². The molecule has 0 fully saturated rings. The molecule has 27 heavy (non-hydrogen) atoms. The van der Waals surface area contributed by atoms with Gasteiger partial charge in [-0.25, -0.2) is 14.5 Å². The molecule has 1 atom stereocenters. The lowest BCUT2D eigenvalue weighted by molar-refractivity contribution is 0.0318. The zero-order valence-corrected chi connectivity index (χ0v) is 15.8. The molecule has 138 valence electrons. The largest absolute Gasteiger partial charge is 0.451 e. The first-order chi connectivity index (χ1) is 12.9. The SMILES string of the molecule is Cc1cc(C)c(C(=O)C(C)OC(=O)c2ccc(-n3cccn3)nc2)cc1C. The molecule has 0 aliphatic heterocycles. The molecule has 6 nitrogen and oxygen atoms in total. The maximum atomic E-state index is 12.7. The highest BCUT2D eigenvalue weighted by Gasteiger charge is 2.22. The Balaban J connectivity index is 1.72. The minimum absolute atomic E-state index is 0.218. The average molecular weight is 363 g/mol. The van der Waals surface area contributed by atoms with Gasteiger partial charge in [0.15, 0.2) is 11.9 Å². The Hall–Kier alpha value is -3.28. The lowest BCUT2D eigenvalue weighted by atomic mass is 9.96. The van der Waals surface area contributed by atoms with E-state index < -0.39 is 12.1 Å². The number of hydrogen-bond donors (Lipinski definition) is 0. The van der Waals surface area contributed by atoms with Crippen molar-refractivity contribution in [2.45, 2.75) is 33.8 Å². The van der Waals surface area contributed by atoms with E-state index in [1.165, 1.54) is 6.20 Å². The molecule has 0 aliphatic rings. The van der Waals surface area contributed by atoms with Crippen LogP contribution in [-0.2, 0) is 4.74 Å². The molecular formula is C21H21N3O3. The molecule has 2 aromatic heterocycles. The van der Waals surface area contributed by atoms with E-state index >= 15 is 0 Å². The number of benzene rings is 1. The number of carbonyl (C=O) groups excluding carboxylic acids is 2. The second-order valence-electron chi connectivity index (χ2n) is 6.52. The summed E-state index contributed by atoms with van der Waals surface area (Å²) >= 11 is 0. The van der Waals surface area contributed by atoms with Crippen molar-refractivity contribution in [2.24, 2.45) is 0 Å². The minimum atomic E-state index is -0.885. The first-order valence-electron chi connectivity index (χ1n) is 8.66.